The van der Waals surface area contributed by atoms with E-state index in [1.807, 2.05) is 20.8 Å². The van der Waals surface area contributed by atoms with Crippen LogP contribution in [0.25, 0.3) is 0 Å². The Morgan fingerprint density at radius 2 is 2.04 bits per heavy atom. The summed E-state index contributed by atoms with van der Waals surface area (Å²) in [5.74, 6) is -0.274. The van der Waals surface area contributed by atoms with E-state index in [4.69, 9.17) is 4.74 Å². The SMILES string of the molecule is CC(C)(C)OC(=O)N1CCC(NCc2cc(F)ccc2O)CC1. The number of hydrogen-bond donors (Lipinski definition) is 2. The zero-order valence-electron chi connectivity index (χ0n) is 13.9. The fraction of sp³-hybridized carbons (Fsp3) is 0.588. The minimum absolute atomic E-state index is 0.0880. The zero-order chi connectivity index (χ0) is 17.0. The average Bonchev–Trinajstić information content (AvgIpc) is 2.47. The van der Waals surface area contributed by atoms with Crippen molar-refractivity contribution in [1.82, 2.24) is 10.2 Å². The molecule has 0 aromatic heterocycles. The van der Waals surface area contributed by atoms with E-state index in [1.165, 1.54) is 18.2 Å². The van der Waals surface area contributed by atoms with Gasteiger partial charge in [0.2, 0.25) is 0 Å². The number of aromatic hydroxyl groups is 1. The van der Waals surface area contributed by atoms with Crippen LogP contribution in [0.2, 0.25) is 0 Å². The van der Waals surface area contributed by atoms with Gasteiger partial charge in [-0.15, -0.1) is 0 Å². The summed E-state index contributed by atoms with van der Waals surface area (Å²) in [6.07, 6.45) is 1.32. The van der Waals surface area contributed by atoms with Crippen molar-refractivity contribution in [3.63, 3.8) is 0 Å². The standard InChI is InChI=1S/C17H25FN2O3/c1-17(2,3)23-16(22)20-8-6-14(7-9-20)19-11-12-10-13(18)4-5-15(12)21/h4-5,10,14,19,21H,6-9,11H2,1-3H3. The fourth-order valence-corrected chi connectivity index (χ4v) is 2.54. The van der Waals surface area contributed by atoms with E-state index in [2.05, 4.69) is 5.32 Å². The Kier molecular flexibility index (Phi) is 5.46. The maximum Gasteiger partial charge on any atom is 0.410 e. The summed E-state index contributed by atoms with van der Waals surface area (Å²) in [6.45, 7) is 7.21. The molecule has 6 heteroatoms. The molecule has 1 amide bonds. The predicted octanol–water partition coefficient (Wildman–Crippen LogP) is 3.02. The van der Waals surface area contributed by atoms with Gasteiger partial charge in [-0.05, 0) is 51.8 Å². The first-order valence-corrected chi connectivity index (χ1v) is 7.93. The van der Waals surface area contributed by atoms with Crippen molar-refractivity contribution in [2.75, 3.05) is 13.1 Å². The number of likely N-dealkylation sites (tertiary alicyclic amines) is 1. The first-order valence-electron chi connectivity index (χ1n) is 7.93. The third-order valence-corrected chi connectivity index (χ3v) is 3.77. The number of nitrogens with one attached hydrogen (secondary N) is 1. The molecule has 1 aromatic rings. The molecule has 1 aromatic carbocycles. The van der Waals surface area contributed by atoms with Gasteiger partial charge in [-0.25, -0.2) is 9.18 Å². The van der Waals surface area contributed by atoms with Crippen molar-refractivity contribution < 1.29 is 19.0 Å². The molecule has 0 saturated carbocycles. The number of carbonyl (C=O) groups is 1. The fourth-order valence-electron chi connectivity index (χ4n) is 2.54. The number of carbonyl (C=O) groups excluding carboxylic acids is 1. The second kappa shape index (κ2) is 7.17. The average molecular weight is 324 g/mol. The number of phenols is 1. The lowest BCUT2D eigenvalue weighted by atomic mass is 10.0. The largest absolute Gasteiger partial charge is 0.508 e. The molecule has 1 fully saturated rings. The van der Waals surface area contributed by atoms with Gasteiger partial charge in [-0.3, -0.25) is 0 Å². The maximum atomic E-state index is 13.2. The first-order chi connectivity index (χ1) is 10.7. The van der Waals surface area contributed by atoms with Crippen LogP contribution in [0, 0.1) is 5.82 Å². The van der Waals surface area contributed by atoms with Gasteiger partial charge in [0, 0.05) is 31.2 Å². The van der Waals surface area contributed by atoms with E-state index in [9.17, 15) is 14.3 Å². The second-order valence-electron chi connectivity index (χ2n) is 6.90. The summed E-state index contributed by atoms with van der Waals surface area (Å²) in [6, 6.07) is 4.16. The van der Waals surface area contributed by atoms with Crippen LogP contribution in [0.5, 0.6) is 5.75 Å². The number of rotatable bonds is 3. The van der Waals surface area contributed by atoms with Gasteiger partial charge in [0.15, 0.2) is 0 Å². The molecule has 0 aliphatic carbocycles. The van der Waals surface area contributed by atoms with E-state index in [0.717, 1.165) is 12.8 Å². The van der Waals surface area contributed by atoms with E-state index >= 15 is 0 Å². The number of ether oxygens (including phenoxy) is 1. The molecule has 0 spiro atoms. The molecule has 23 heavy (non-hydrogen) atoms. The summed E-state index contributed by atoms with van der Waals surface area (Å²) in [5.41, 5.74) is 0.0562. The lowest BCUT2D eigenvalue weighted by Gasteiger charge is -2.33. The van der Waals surface area contributed by atoms with Gasteiger partial charge in [0.05, 0.1) is 0 Å². The molecule has 0 unspecified atom stereocenters. The van der Waals surface area contributed by atoms with Crippen molar-refractivity contribution in [2.24, 2.45) is 0 Å². The van der Waals surface area contributed by atoms with Crippen molar-refractivity contribution >= 4 is 6.09 Å². The van der Waals surface area contributed by atoms with Crippen LogP contribution in [0.4, 0.5) is 9.18 Å². The van der Waals surface area contributed by atoms with E-state index in [1.54, 1.807) is 4.90 Å². The Balaban J connectivity index is 1.79. The molecule has 1 aliphatic heterocycles. The Labute approximate surface area is 136 Å². The lowest BCUT2D eigenvalue weighted by molar-refractivity contribution is 0.0198. The van der Waals surface area contributed by atoms with Crippen LogP contribution in [-0.4, -0.2) is 40.8 Å². The Bertz CT molecular complexity index is 549. The second-order valence-corrected chi connectivity index (χ2v) is 6.90. The van der Waals surface area contributed by atoms with Crippen molar-refractivity contribution in [3.05, 3.63) is 29.6 Å². The number of piperidine rings is 1. The highest BCUT2D eigenvalue weighted by Crippen LogP contribution is 2.19. The predicted molar refractivity (Wildman–Crippen MR) is 85.7 cm³/mol. The van der Waals surface area contributed by atoms with Crippen molar-refractivity contribution in [2.45, 2.75) is 51.8 Å². The Hall–Kier alpha value is -1.82. The summed E-state index contributed by atoms with van der Waals surface area (Å²) in [7, 11) is 0. The molecule has 2 N–H and O–H groups in total. The van der Waals surface area contributed by atoms with Crippen LogP contribution in [0.3, 0.4) is 0 Å². The summed E-state index contributed by atoms with van der Waals surface area (Å²) >= 11 is 0. The van der Waals surface area contributed by atoms with Gasteiger partial charge in [-0.1, -0.05) is 0 Å². The topological polar surface area (TPSA) is 61.8 Å². The molecule has 0 atom stereocenters. The Morgan fingerprint density at radius 1 is 1.39 bits per heavy atom. The Morgan fingerprint density at radius 3 is 2.65 bits per heavy atom. The summed E-state index contributed by atoms with van der Waals surface area (Å²) in [4.78, 5) is 13.7. The van der Waals surface area contributed by atoms with Crippen LogP contribution in [0.1, 0.15) is 39.2 Å². The monoisotopic (exact) mass is 324 g/mol. The van der Waals surface area contributed by atoms with Crippen molar-refractivity contribution in [1.29, 1.82) is 0 Å². The van der Waals surface area contributed by atoms with E-state index in [0.29, 0.717) is 25.2 Å². The summed E-state index contributed by atoms with van der Waals surface area (Å²) in [5, 5.41) is 13.0. The molecule has 1 saturated heterocycles. The molecule has 0 radical (unpaired) electrons. The molecule has 1 aliphatic rings. The first kappa shape index (κ1) is 17.5. The highest BCUT2D eigenvalue weighted by molar-refractivity contribution is 5.68. The van der Waals surface area contributed by atoms with Crippen molar-refractivity contribution in [3.8, 4) is 5.75 Å². The number of benzene rings is 1. The molecule has 5 nitrogen and oxygen atoms in total. The minimum Gasteiger partial charge on any atom is -0.508 e. The molecule has 0 bridgehead atoms. The smallest absolute Gasteiger partial charge is 0.410 e. The van der Waals surface area contributed by atoms with E-state index < -0.39 is 5.60 Å². The third kappa shape index (κ3) is 5.39. The highest BCUT2D eigenvalue weighted by atomic mass is 19.1. The lowest BCUT2D eigenvalue weighted by Crippen LogP contribution is -2.46. The quantitative estimate of drug-likeness (QED) is 0.897. The highest BCUT2D eigenvalue weighted by Gasteiger charge is 2.26. The van der Waals surface area contributed by atoms with E-state index in [-0.39, 0.29) is 23.7 Å². The van der Waals surface area contributed by atoms with Gasteiger partial charge < -0.3 is 20.1 Å². The molecule has 128 valence electrons. The minimum atomic E-state index is -0.485. The van der Waals surface area contributed by atoms with Crippen LogP contribution in [0.15, 0.2) is 18.2 Å². The molecular weight excluding hydrogens is 299 g/mol. The summed E-state index contributed by atoms with van der Waals surface area (Å²) < 4.78 is 18.6. The van der Waals surface area contributed by atoms with Crippen LogP contribution >= 0.6 is 0 Å². The molecule has 2 rings (SSSR count). The number of phenolic OH excluding ortho intramolecular Hbond substituents is 1. The van der Waals surface area contributed by atoms with Gasteiger partial charge in [0.25, 0.3) is 0 Å². The zero-order valence-corrected chi connectivity index (χ0v) is 13.9. The van der Waals surface area contributed by atoms with Gasteiger partial charge >= 0.3 is 6.09 Å². The van der Waals surface area contributed by atoms with Gasteiger partial charge in [-0.2, -0.15) is 0 Å². The van der Waals surface area contributed by atoms with Crippen LogP contribution in [-0.2, 0) is 11.3 Å². The van der Waals surface area contributed by atoms with Crippen LogP contribution < -0.4 is 5.32 Å². The third-order valence-electron chi connectivity index (χ3n) is 3.77. The molecular formula is C17H25FN2O3. The number of hydrogen-bond acceptors (Lipinski definition) is 4. The number of halogens is 1. The molecule has 1 heterocycles. The number of amides is 1. The number of nitrogens with zero attached hydrogens (tertiary/aromatic N) is 1. The maximum absolute atomic E-state index is 13.2. The van der Waals surface area contributed by atoms with Gasteiger partial charge in [0.1, 0.15) is 17.2 Å². The normalized spacial score (nSPS) is 16.4.